The van der Waals surface area contributed by atoms with Crippen LogP contribution in [-0.2, 0) is 0 Å². The van der Waals surface area contributed by atoms with Crippen molar-refractivity contribution < 1.29 is 4.74 Å². The SMILES string of the molecule is c1ccc(-c2cc(-c3ccccc3)nc(-c3cc(-c4cc(-c5nc(-c6ccccc6)nc(-c6ccccc6)n5)cc(N5c6ccccc6Sc6ccccc65)c4)cc(N4c5ccccc5Oc5ccccc54)c3)n2)cc1. The molecule has 2 aliphatic rings. The van der Waals surface area contributed by atoms with Gasteiger partial charge >= 0.3 is 0 Å². The largest absolute Gasteiger partial charge is 0.453 e. The van der Waals surface area contributed by atoms with E-state index in [1.165, 1.54) is 0 Å². The Labute approximate surface area is 444 Å². The second-order valence-electron chi connectivity index (χ2n) is 18.5. The molecule has 12 aromatic rings. The van der Waals surface area contributed by atoms with Crippen LogP contribution in [0.3, 0.4) is 0 Å². The molecule has 0 amide bonds. The second kappa shape index (κ2) is 19.1. The molecule has 0 saturated heterocycles. The van der Waals surface area contributed by atoms with Gasteiger partial charge in [-0.1, -0.05) is 182 Å². The van der Waals surface area contributed by atoms with Gasteiger partial charge < -0.3 is 14.5 Å². The van der Waals surface area contributed by atoms with Gasteiger partial charge in [-0.25, -0.2) is 24.9 Å². The fourth-order valence-electron chi connectivity index (χ4n) is 10.1. The highest BCUT2D eigenvalue weighted by Gasteiger charge is 2.29. The zero-order valence-electron chi connectivity index (χ0n) is 40.8. The molecular formula is C67H43N7OS. The lowest BCUT2D eigenvalue weighted by molar-refractivity contribution is 0.477. The first-order valence-corrected chi connectivity index (χ1v) is 26.0. The zero-order valence-corrected chi connectivity index (χ0v) is 41.6. The molecule has 0 saturated carbocycles. The summed E-state index contributed by atoms with van der Waals surface area (Å²) in [7, 11) is 0. The molecule has 14 rings (SSSR count). The van der Waals surface area contributed by atoms with Crippen LogP contribution in [0, 0.1) is 0 Å². The molecule has 0 spiro atoms. The Kier molecular flexibility index (Phi) is 11.3. The molecule has 8 nitrogen and oxygen atoms in total. The van der Waals surface area contributed by atoms with Crippen LogP contribution >= 0.6 is 11.8 Å². The van der Waals surface area contributed by atoms with E-state index in [1.54, 1.807) is 11.8 Å². The van der Waals surface area contributed by atoms with Crippen molar-refractivity contribution in [2.24, 2.45) is 0 Å². The maximum Gasteiger partial charge on any atom is 0.164 e. The fourth-order valence-corrected chi connectivity index (χ4v) is 11.1. The van der Waals surface area contributed by atoms with Crippen LogP contribution in [0.25, 0.3) is 79.2 Å². The highest BCUT2D eigenvalue weighted by molar-refractivity contribution is 7.99. The van der Waals surface area contributed by atoms with Gasteiger partial charge in [0.2, 0.25) is 0 Å². The van der Waals surface area contributed by atoms with Crippen LogP contribution in [0.15, 0.2) is 271 Å². The minimum Gasteiger partial charge on any atom is -0.453 e. The number of anilines is 6. The molecule has 0 unspecified atom stereocenters. The van der Waals surface area contributed by atoms with Crippen LogP contribution < -0.4 is 14.5 Å². The average molecular weight is 994 g/mol. The van der Waals surface area contributed by atoms with E-state index >= 15 is 0 Å². The van der Waals surface area contributed by atoms with Crippen molar-refractivity contribution in [2.75, 3.05) is 9.80 Å². The molecule has 10 aromatic carbocycles. The summed E-state index contributed by atoms with van der Waals surface area (Å²) in [6.07, 6.45) is 0. The minimum absolute atomic E-state index is 0.544. The van der Waals surface area contributed by atoms with E-state index in [0.717, 1.165) is 111 Å². The summed E-state index contributed by atoms with van der Waals surface area (Å²) >= 11 is 1.78. The first kappa shape index (κ1) is 44.7. The molecule has 4 heterocycles. The lowest BCUT2D eigenvalue weighted by Crippen LogP contribution is -2.16. The smallest absolute Gasteiger partial charge is 0.164 e. The molecule has 0 radical (unpaired) electrons. The van der Waals surface area contributed by atoms with E-state index in [-0.39, 0.29) is 0 Å². The normalized spacial score (nSPS) is 12.2. The minimum atomic E-state index is 0.544. The molecule has 76 heavy (non-hydrogen) atoms. The quantitative estimate of drug-likeness (QED) is 0.140. The Bertz CT molecular complexity index is 3670. The van der Waals surface area contributed by atoms with E-state index in [0.29, 0.717) is 23.3 Å². The summed E-state index contributed by atoms with van der Waals surface area (Å²) < 4.78 is 6.58. The summed E-state index contributed by atoms with van der Waals surface area (Å²) in [6, 6.07) is 89.9. The molecule has 0 N–H and O–H groups in total. The van der Waals surface area contributed by atoms with Crippen molar-refractivity contribution in [1.82, 2.24) is 24.9 Å². The van der Waals surface area contributed by atoms with Gasteiger partial charge in [0.15, 0.2) is 34.8 Å². The maximum atomic E-state index is 6.58. The number of nitrogens with zero attached hydrogens (tertiary/aromatic N) is 7. The molecule has 0 bridgehead atoms. The van der Waals surface area contributed by atoms with Gasteiger partial charge in [-0.15, -0.1) is 0 Å². The Morgan fingerprint density at radius 1 is 0.263 bits per heavy atom. The summed E-state index contributed by atoms with van der Waals surface area (Å²) in [5, 5.41) is 0. The maximum absolute atomic E-state index is 6.58. The third-order valence-electron chi connectivity index (χ3n) is 13.6. The van der Waals surface area contributed by atoms with Gasteiger partial charge in [0.25, 0.3) is 0 Å². The second-order valence-corrected chi connectivity index (χ2v) is 19.6. The van der Waals surface area contributed by atoms with Gasteiger partial charge in [-0.3, -0.25) is 0 Å². The molecule has 9 heteroatoms. The number of hydrogen-bond donors (Lipinski definition) is 0. The molecule has 0 atom stereocenters. The Morgan fingerprint density at radius 3 is 1.04 bits per heavy atom. The molecule has 2 aliphatic heterocycles. The predicted octanol–water partition coefficient (Wildman–Crippen LogP) is 17.8. The number of hydrogen-bond acceptors (Lipinski definition) is 9. The van der Waals surface area contributed by atoms with E-state index in [9.17, 15) is 0 Å². The molecular weight excluding hydrogens is 951 g/mol. The summed E-state index contributed by atoms with van der Waals surface area (Å²) in [4.78, 5) is 33.5. The third kappa shape index (κ3) is 8.40. The van der Waals surface area contributed by atoms with E-state index < -0.39 is 0 Å². The number of aromatic nitrogens is 5. The van der Waals surface area contributed by atoms with Crippen LogP contribution in [0.2, 0.25) is 0 Å². The van der Waals surface area contributed by atoms with Gasteiger partial charge in [-0.05, 0) is 102 Å². The van der Waals surface area contributed by atoms with E-state index in [4.69, 9.17) is 29.7 Å². The Balaban J connectivity index is 1.05. The van der Waals surface area contributed by atoms with E-state index in [2.05, 4.69) is 149 Å². The first-order chi connectivity index (χ1) is 37.6. The summed E-state index contributed by atoms with van der Waals surface area (Å²) in [6.45, 7) is 0. The van der Waals surface area contributed by atoms with Crippen LogP contribution in [0.4, 0.5) is 34.1 Å². The standard InChI is InChI=1S/C67H43N7OS/c1-5-21-44(22-6-1)54-43-55(45-23-7-2-8-24-45)69-66(68-54)50-37-48(39-52(41-50)73-56-29-13-17-33-60(56)75-61-34-18-14-30-57(61)73)49-38-51(42-53(40-49)74-58-31-15-19-35-62(58)76-63-36-20-16-32-59(63)74)67-71-64(46-25-9-3-10-26-46)70-65(72-67)47-27-11-4-12-28-47/h1-43H. The third-order valence-corrected chi connectivity index (χ3v) is 14.8. The molecule has 358 valence electrons. The number of benzene rings is 10. The molecule has 0 aliphatic carbocycles. The lowest BCUT2D eigenvalue weighted by atomic mass is 9.96. The van der Waals surface area contributed by atoms with Crippen molar-refractivity contribution >= 4 is 45.9 Å². The van der Waals surface area contributed by atoms with Crippen LogP contribution in [-0.4, -0.2) is 24.9 Å². The molecule has 0 fully saturated rings. The zero-order chi connectivity index (χ0) is 50.4. The van der Waals surface area contributed by atoms with Crippen molar-refractivity contribution in [3.63, 3.8) is 0 Å². The predicted molar refractivity (Wildman–Crippen MR) is 307 cm³/mol. The highest BCUT2D eigenvalue weighted by Crippen LogP contribution is 2.54. The number of ether oxygens (including phenoxy) is 1. The first-order valence-electron chi connectivity index (χ1n) is 25.1. The topological polar surface area (TPSA) is 80.2 Å². The summed E-state index contributed by atoms with van der Waals surface area (Å²) in [5.74, 6) is 3.81. The van der Waals surface area contributed by atoms with Crippen LogP contribution in [0.1, 0.15) is 0 Å². The van der Waals surface area contributed by atoms with Gasteiger partial charge in [-0.2, -0.15) is 0 Å². The van der Waals surface area contributed by atoms with Crippen molar-refractivity contribution in [3.8, 4) is 90.7 Å². The van der Waals surface area contributed by atoms with Crippen molar-refractivity contribution in [1.29, 1.82) is 0 Å². The number of para-hydroxylation sites is 6. The van der Waals surface area contributed by atoms with Gasteiger partial charge in [0, 0.05) is 54.5 Å². The monoisotopic (exact) mass is 993 g/mol. The van der Waals surface area contributed by atoms with Crippen LogP contribution in [0.5, 0.6) is 11.5 Å². The van der Waals surface area contributed by atoms with Gasteiger partial charge in [0.1, 0.15) is 0 Å². The number of fused-ring (bicyclic) bond motifs is 4. The Morgan fingerprint density at radius 2 is 0.592 bits per heavy atom. The molecule has 2 aromatic heterocycles. The Hall–Kier alpha value is -9.96. The lowest BCUT2D eigenvalue weighted by Gasteiger charge is -2.34. The average Bonchev–Trinajstić information content (AvgIpc) is 3.55. The van der Waals surface area contributed by atoms with Crippen molar-refractivity contribution in [3.05, 3.63) is 261 Å². The summed E-state index contributed by atoms with van der Waals surface area (Å²) in [5.41, 5.74) is 14.8. The van der Waals surface area contributed by atoms with Crippen molar-refractivity contribution in [2.45, 2.75) is 9.79 Å². The van der Waals surface area contributed by atoms with Gasteiger partial charge in [0.05, 0.1) is 34.1 Å². The number of rotatable bonds is 9. The fraction of sp³-hybridized carbons (Fsp3) is 0. The van der Waals surface area contributed by atoms with E-state index in [1.807, 2.05) is 121 Å². The highest BCUT2D eigenvalue weighted by atomic mass is 32.2.